The van der Waals surface area contributed by atoms with E-state index in [1.807, 2.05) is 24.3 Å². The molecule has 1 aliphatic heterocycles. The smallest absolute Gasteiger partial charge is 0.255 e. The Morgan fingerprint density at radius 3 is 2.40 bits per heavy atom. The normalized spacial score (nSPS) is 14.8. The van der Waals surface area contributed by atoms with Crippen molar-refractivity contribution >= 4 is 34.1 Å². The Hall–Kier alpha value is -2.57. The van der Waals surface area contributed by atoms with Crippen molar-refractivity contribution in [3.8, 4) is 22.8 Å². The number of aromatic nitrogens is 2. The van der Waals surface area contributed by atoms with Gasteiger partial charge in [-0.25, -0.2) is 4.98 Å². The summed E-state index contributed by atoms with van der Waals surface area (Å²) in [6.45, 7) is 8.14. The number of hydrogen-bond acceptors (Lipinski definition) is 4. The van der Waals surface area contributed by atoms with Crippen molar-refractivity contribution in [2.24, 2.45) is 0 Å². The third kappa shape index (κ3) is 4.54. The minimum atomic E-state index is -0.249. The van der Waals surface area contributed by atoms with Crippen molar-refractivity contribution in [1.82, 2.24) is 14.5 Å². The van der Waals surface area contributed by atoms with Crippen molar-refractivity contribution in [1.29, 1.82) is 0 Å². The topological polar surface area (TPSA) is 47.4 Å². The Morgan fingerprint density at radius 1 is 1.00 bits per heavy atom. The van der Waals surface area contributed by atoms with Crippen LogP contribution >= 0.6 is 23.2 Å². The summed E-state index contributed by atoms with van der Waals surface area (Å²) in [6.07, 6.45) is -0.00279. The van der Waals surface area contributed by atoms with Gasteiger partial charge < -0.3 is 4.74 Å². The van der Waals surface area contributed by atoms with Crippen LogP contribution in [0.15, 0.2) is 65.5 Å². The monoisotopic (exact) mass is 528 g/mol. The van der Waals surface area contributed by atoms with Crippen LogP contribution < -0.4 is 10.3 Å². The predicted molar refractivity (Wildman–Crippen MR) is 139 cm³/mol. The zero-order valence-electron chi connectivity index (χ0n) is 19.6. The van der Waals surface area contributed by atoms with Crippen molar-refractivity contribution < 1.29 is 16.3 Å². The molecule has 1 aliphatic rings. The number of fused-ring (bicyclic) bond motifs is 1. The van der Waals surface area contributed by atoms with E-state index in [1.165, 1.54) is 10.6 Å². The molecule has 2 aromatic heterocycles. The zero-order chi connectivity index (χ0) is 24.9. The summed E-state index contributed by atoms with van der Waals surface area (Å²) in [7, 11) is 0. The van der Waals surface area contributed by atoms with Gasteiger partial charge in [-0.15, -0.1) is 0 Å². The molecule has 4 aromatic rings. The Morgan fingerprint density at radius 2 is 1.71 bits per heavy atom. The molecule has 0 N–H and O–H groups in total. The van der Waals surface area contributed by atoms with E-state index in [2.05, 4.69) is 25.7 Å². The fraction of sp³-hybridized carbons (Fsp3) is 0.259. The van der Waals surface area contributed by atoms with Crippen LogP contribution in [-0.2, 0) is 0 Å². The van der Waals surface area contributed by atoms with Gasteiger partial charge in [-0.3, -0.25) is 14.3 Å². The highest BCUT2D eigenvalue weighted by Gasteiger charge is 2.36. The molecule has 180 valence electrons. The molecular formula is C27H25Cl3N3O2+. The predicted octanol–water partition coefficient (Wildman–Crippen LogP) is 5.92. The average Bonchev–Trinajstić information content (AvgIpc) is 2.76. The van der Waals surface area contributed by atoms with Crippen LogP contribution in [0.4, 0.5) is 0 Å². The minimum absolute atomic E-state index is 0.00279. The molecule has 0 atom stereocenters. The Labute approximate surface area is 218 Å². The quantitative estimate of drug-likeness (QED) is 0.329. The maximum Gasteiger partial charge on any atom is 0.255 e. The van der Waals surface area contributed by atoms with E-state index >= 15 is 0 Å². The summed E-state index contributed by atoms with van der Waals surface area (Å²) in [5.74, 6) is 0.420. The standard InChI is InChI=1S/C27H25Cl3N3O2/c1-27(2,3)32-14-16(15-32)35-23-13-22-18(25(31-23)17-7-4-5-8-19(17)28)11-12-24(34)33(22)26-20(29)9-6-10-21(26)30/h4-13,16,29H,14-15H2,1-3H3/q+1. The van der Waals surface area contributed by atoms with Crippen LogP contribution in [0.3, 0.4) is 0 Å². The molecule has 0 spiro atoms. The van der Waals surface area contributed by atoms with Gasteiger partial charge in [0.25, 0.3) is 10.6 Å². The van der Waals surface area contributed by atoms with E-state index in [9.17, 15) is 4.79 Å². The van der Waals surface area contributed by atoms with Gasteiger partial charge in [0.05, 0.1) is 16.2 Å². The number of rotatable bonds is 4. The van der Waals surface area contributed by atoms with Gasteiger partial charge in [-0.2, -0.15) is 0 Å². The summed E-state index contributed by atoms with van der Waals surface area (Å²) >= 11 is 18.7. The van der Waals surface area contributed by atoms with Crippen LogP contribution in [-0.4, -0.2) is 39.2 Å². The lowest BCUT2D eigenvalue weighted by Gasteiger charge is -2.46. The summed E-state index contributed by atoms with van der Waals surface area (Å²) in [6, 6.07) is 17.8. The lowest BCUT2D eigenvalue weighted by molar-refractivity contribution is -0.288. The number of benzene rings is 2. The highest BCUT2D eigenvalue weighted by Crippen LogP contribution is 2.36. The number of halogens is 3. The number of ether oxygens (including phenoxy) is 1. The van der Waals surface area contributed by atoms with Gasteiger partial charge in [0, 0.05) is 52.8 Å². The first kappa shape index (κ1) is 24.1. The first-order chi connectivity index (χ1) is 16.6. The molecule has 0 unspecified atom stereocenters. The highest BCUT2D eigenvalue weighted by atomic mass is 35.5. The molecule has 2 aromatic carbocycles. The SMILES string of the molecule is CC(C)(C)N1CC(Oc2cc3c(ccc(=O)n3-c3c(Cl)cccc3[ClH+])c(-c3ccccc3Cl)n2)C1. The first-order valence-corrected chi connectivity index (χ1v) is 12.5. The van der Waals surface area contributed by atoms with Crippen LogP contribution in [0.1, 0.15) is 20.8 Å². The van der Waals surface area contributed by atoms with Gasteiger partial charge in [0.15, 0.2) is 11.6 Å². The Bertz CT molecular complexity index is 1470. The largest absolute Gasteiger partial charge is 0.472 e. The molecule has 0 bridgehead atoms. The number of likely N-dealkylation sites (tertiary alicyclic amines) is 1. The van der Waals surface area contributed by atoms with E-state index in [1.54, 1.807) is 30.3 Å². The maximum atomic E-state index is 13.2. The second kappa shape index (κ2) is 9.14. The zero-order valence-corrected chi connectivity index (χ0v) is 21.9. The maximum absolute atomic E-state index is 13.2. The lowest BCUT2D eigenvalue weighted by Crippen LogP contribution is -2.60. The molecule has 0 amide bonds. The average molecular weight is 530 g/mol. The number of pyridine rings is 2. The third-order valence-electron chi connectivity index (χ3n) is 6.25. The molecule has 3 heterocycles. The fourth-order valence-corrected chi connectivity index (χ4v) is 5.13. The van der Waals surface area contributed by atoms with Crippen molar-refractivity contribution in [2.75, 3.05) is 13.1 Å². The second-order valence-electron chi connectivity index (χ2n) is 9.63. The van der Waals surface area contributed by atoms with Crippen molar-refractivity contribution in [3.63, 3.8) is 0 Å². The van der Waals surface area contributed by atoms with Crippen molar-refractivity contribution in [2.45, 2.75) is 32.4 Å². The molecule has 8 heteroatoms. The van der Waals surface area contributed by atoms with Crippen LogP contribution in [0, 0.1) is 11.6 Å². The molecule has 5 rings (SSSR count). The van der Waals surface area contributed by atoms with Crippen LogP contribution in [0.2, 0.25) is 15.1 Å². The number of hydrogen-bond donors (Lipinski definition) is 0. The Kier molecular flexibility index (Phi) is 6.30. The van der Waals surface area contributed by atoms with E-state index in [4.69, 9.17) is 44.5 Å². The van der Waals surface area contributed by atoms with Crippen LogP contribution in [0.5, 0.6) is 5.88 Å². The van der Waals surface area contributed by atoms with Crippen LogP contribution in [0.25, 0.3) is 27.8 Å². The summed E-state index contributed by atoms with van der Waals surface area (Å²) in [5.41, 5.74) is 2.26. The molecule has 0 aliphatic carbocycles. The second-order valence-corrected chi connectivity index (χ2v) is 10.9. The Balaban J connectivity index is 1.72. The van der Waals surface area contributed by atoms with Gasteiger partial charge in [-0.1, -0.05) is 47.5 Å². The molecular weight excluding hydrogens is 505 g/mol. The summed E-state index contributed by atoms with van der Waals surface area (Å²) < 4.78 is 7.85. The van der Waals surface area contributed by atoms with E-state index in [0.29, 0.717) is 37.8 Å². The summed E-state index contributed by atoms with van der Waals surface area (Å²) in [5, 5.41) is 2.17. The molecule has 1 saturated heterocycles. The fourth-order valence-electron chi connectivity index (χ4n) is 4.31. The lowest BCUT2D eigenvalue weighted by atomic mass is 9.99. The summed E-state index contributed by atoms with van der Waals surface area (Å²) in [4.78, 5) is 20.4. The number of nitrogens with zero attached hydrogens (tertiary/aromatic N) is 3. The van der Waals surface area contributed by atoms with E-state index in [0.717, 1.165) is 24.0 Å². The molecule has 0 radical (unpaired) electrons. The van der Waals surface area contributed by atoms with Crippen molar-refractivity contribution in [3.05, 3.63) is 86.1 Å². The van der Waals surface area contributed by atoms with E-state index < -0.39 is 0 Å². The van der Waals surface area contributed by atoms with E-state index in [-0.39, 0.29) is 17.2 Å². The van der Waals surface area contributed by atoms with Gasteiger partial charge >= 0.3 is 0 Å². The van der Waals surface area contributed by atoms with Gasteiger partial charge in [-0.05, 0) is 39.0 Å². The number of para-hydroxylation sites is 1. The molecule has 5 nitrogen and oxygen atoms in total. The molecule has 1 fully saturated rings. The van der Waals surface area contributed by atoms with Gasteiger partial charge in [0.2, 0.25) is 5.88 Å². The first-order valence-electron chi connectivity index (χ1n) is 11.3. The third-order valence-corrected chi connectivity index (χ3v) is 7.22. The minimum Gasteiger partial charge on any atom is -0.472 e. The molecule has 0 saturated carbocycles. The van der Waals surface area contributed by atoms with Gasteiger partial charge in [0.1, 0.15) is 11.8 Å². The highest BCUT2D eigenvalue weighted by molar-refractivity contribution is 6.33. The molecule has 35 heavy (non-hydrogen) atoms.